The van der Waals surface area contributed by atoms with Crippen molar-refractivity contribution >= 4 is 28.5 Å². The molecule has 0 unspecified atom stereocenters. The average molecular weight is 315 g/mol. The fourth-order valence-electron chi connectivity index (χ4n) is 2.49. The Labute approximate surface area is 143 Å². The Morgan fingerprint density at radius 1 is 0.708 bits per heavy atom. The van der Waals surface area contributed by atoms with Crippen LogP contribution in [0.15, 0.2) is 82.8 Å². The highest BCUT2D eigenvalue weighted by atomic mass is 15.1. The zero-order valence-corrected chi connectivity index (χ0v) is 14.3. The van der Waals surface area contributed by atoms with Crippen LogP contribution in [0.3, 0.4) is 0 Å². The van der Waals surface area contributed by atoms with Gasteiger partial charge < -0.3 is 4.90 Å². The molecule has 0 aliphatic heterocycles. The van der Waals surface area contributed by atoms with E-state index in [-0.39, 0.29) is 0 Å². The highest BCUT2D eigenvalue weighted by Crippen LogP contribution is 2.26. The Morgan fingerprint density at radius 3 is 1.75 bits per heavy atom. The van der Waals surface area contributed by atoms with Crippen LogP contribution in [-0.4, -0.2) is 25.5 Å². The summed E-state index contributed by atoms with van der Waals surface area (Å²) in [5, 5.41) is 0. The second-order valence-electron chi connectivity index (χ2n) is 5.76. The van der Waals surface area contributed by atoms with Gasteiger partial charge in [-0.1, -0.05) is 17.7 Å². The highest BCUT2D eigenvalue weighted by molar-refractivity contribution is 6.18. The van der Waals surface area contributed by atoms with E-state index in [9.17, 15) is 0 Å². The van der Waals surface area contributed by atoms with E-state index in [4.69, 9.17) is 0 Å². The summed E-state index contributed by atoms with van der Waals surface area (Å²) in [6.45, 7) is 2.10. The summed E-state index contributed by atoms with van der Waals surface area (Å²) in [5.41, 5.74) is 6.41. The molecule has 0 bridgehead atoms. The largest absolute Gasteiger partial charge is 0.345 e. The molecule has 1 aliphatic rings. The number of aliphatic imine (C=N–C) groups is 2. The number of rotatable bonds is 3. The van der Waals surface area contributed by atoms with Gasteiger partial charge in [0.1, 0.15) is 0 Å². The van der Waals surface area contributed by atoms with Gasteiger partial charge in [0, 0.05) is 25.5 Å². The molecule has 120 valence electrons. The number of hydrogen-bond acceptors (Lipinski definition) is 3. The van der Waals surface area contributed by atoms with Gasteiger partial charge in [0.15, 0.2) is 0 Å². The molecule has 0 saturated carbocycles. The molecule has 0 amide bonds. The Hall–Kier alpha value is -2.94. The Kier molecular flexibility index (Phi) is 4.71. The second kappa shape index (κ2) is 7.09. The summed E-state index contributed by atoms with van der Waals surface area (Å²) in [5.74, 6) is 0. The number of benzene rings is 2. The van der Waals surface area contributed by atoms with Crippen molar-refractivity contribution in [3.8, 4) is 0 Å². The first kappa shape index (κ1) is 15.9. The lowest BCUT2D eigenvalue weighted by atomic mass is 10.1. The molecular formula is C21H21N3. The third kappa shape index (κ3) is 3.69. The molecule has 3 rings (SSSR count). The maximum atomic E-state index is 4.64. The first-order valence-electron chi connectivity index (χ1n) is 7.98. The van der Waals surface area contributed by atoms with E-state index >= 15 is 0 Å². The number of aryl methyl sites for hydroxylation is 1. The van der Waals surface area contributed by atoms with Crippen LogP contribution in [0.25, 0.3) is 0 Å². The predicted molar refractivity (Wildman–Crippen MR) is 104 cm³/mol. The van der Waals surface area contributed by atoms with Crippen LogP contribution in [-0.2, 0) is 0 Å². The van der Waals surface area contributed by atoms with Crippen molar-refractivity contribution in [3.63, 3.8) is 0 Å². The molecule has 3 nitrogen and oxygen atoms in total. The van der Waals surface area contributed by atoms with E-state index in [0.29, 0.717) is 0 Å². The quantitative estimate of drug-likeness (QED) is 0.730. The summed E-state index contributed by atoms with van der Waals surface area (Å²) in [4.78, 5) is 10.9. The Bertz CT molecular complexity index is 804. The fraction of sp³-hybridized carbons (Fsp3) is 0.143. The molecule has 0 heterocycles. The summed E-state index contributed by atoms with van der Waals surface area (Å²) < 4.78 is 0. The third-order valence-electron chi connectivity index (χ3n) is 4.02. The molecule has 2 aromatic rings. The van der Waals surface area contributed by atoms with Crippen LogP contribution in [0.2, 0.25) is 0 Å². The van der Waals surface area contributed by atoms with Crippen molar-refractivity contribution in [2.45, 2.75) is 6.92 Å². The second-order valence-corrected chi connectivity index (χ2v) is 5.76. The van der Waals surface area contributed by atoms with Gasteiger partial charge in [-0.15, -0.1) is 0 Å². The van der Waals surface area contributed by atoms with Gasteiger partial charge in [-0.05, 0) is 67.6 Å². The lowest BCUT2D eigenvalue weighted by molar-refractivity contribution is 1.20. The van der Waals surface area contributed by atoms with Crippen molar-refractivity contribution in [3.05, 3.63) is 78.4 Å². The zero-order valence-electron chi connectivity index (χ0n) is 14.3. The molecule has 0 fully saturated rings. The van der Waals surface area contributed by atoms with Gasteiger partial charge in [-0.25, -0.2) is 4.99 Å². The van der Waals surface area contributed by atoms with Gasteiger partial charge >= 0.3 is 0 Å². The lowest BCUT2D eigenvalue weighted by Gasteiger charge is -2.19. The van der Waals surface area contributed by atoms with Crippen LogP contribution in [0.1, 0.15) is 5.56 Å². The average Bonchev–Trinajstić information content (AvgIpc) is 2.63. The normalized spacial score (nSPS) is 13.1. The minimum atomic E-state index is 0.932. The van der Waals surface area contributed by atoms with Gasteiger partial charge in [0.05, 0.1) is 17.1 Å². The van der Waals surface area contributed by atoms with Crippen LogP contribution in [0, 0.1) is 6.92 Å². The van der Waals surface area contributed by atoms with E-state index in [2.05, 4.69) is 65.3 Å². The molecule has 0 N–H and O–H groups in total. The third-order valence-corrected chi connectivity index (χ3v) is 4.02. The number of allylic oxidation sites excluding steroid dienone is 4. The maximum absolute atomic E-state index is 4.64. The molecule has 0 aromatic heterocycles. The van der Waals surface area contributed by atoms with E-state index < -0.39 is 0 Å². The fourth-order valence-corrected chi connectivity index (χ4v) is 2.49. The molecule has 0 atom stereocenters. The van der Waals surface area contributed by atoms with Crippen LogP contribution >= 0.6 is 0 Å². The SMILES string of the molecule is CN=C1C=CC(=Nc2ccc(N(C)c3ccc(C)cc3)cc2)C=C1. The Balaban J connectivity index is 1.76. The first-order valence-corrected chi connectivity index (χ1v) is 7.98. The summed E-state index contributed by atoms with van der Waals surface area (Å²) in [6, 6.07) is 16.8. The van der Waals surface area contributed by atoms with E-state index in [1.807, 2.05) is 36.4 Å². The molecule has 1 aliphatic carbocycles. The van der Waals surface area contributed by atoms with Crippen molar-refractivity contribution in [1.82, 2.24) is 0 Å². The zero-order chi connectivity index (χ0) is 16.9. The van der Waals surface area contributed by atoms with E-state index in [0.717, 1.165) is 22.8 Å². The smallest absolute Gasteiger partial charge is 0.0638 e. The molecule has 3 heteroatoms. The van der Waals surface area contributed by atoms with Gasteiger partial charge in [-0.3, -0.25) is 4.99 Å². The number of anilines is 2. The van der Waals surface area contributed by atoms with Crippen LogP contribution in [0.5, 0.6) is 0 Å². The maximum Gasteiger partial charge on any atom is 0.0638 e. The first-order chi connectivity index (χ1) is 11.7. The van der Waals surface area contributed by atoms with Gasteiger partial charge in [-0.2, -0.15) is 0 Å². The van der Waals surface area contributed by atoms with Crippen LogP contribution in [0.4, 0.5) is 17.1 Å². The standard InChI is InChI=1S/C21H21N3/c1-16-4-12-20(13-5-16)24(3)21-14-10-19(11-15-21)23-18-8-6-17(22-2)7-9-18/h4-15H,1-3H3. The van der Waals surface area contributed by atoms with E-state index in [1.165, 1.54) is 11.3 Å². The van der Waals surface area contributed by atoms with E-state index in [1.54, 1.807) is 7.05 Å². The summed E-state index contributed by atoms with van der Waals surface area (Å²) >= 11 is 0. The highest BCUT2D eigenvalue weighted by Gasteiger charge is 2.04. The molecule has 0 radical (unpaired) electrons. The van der Waals surface area contributed by atoms with Crippen LogP contribution < -0.4 is 4.90 Å². The monoisotopic (exact) mass is 315 g/mol. The van der Waals surface area contributed by atoms with Gasteiger partial charge in [0.25, 0.3) is 0 Å². The van der Waals surface area contributed by atoms with Crippen molar-refractivity contribution < 1.29 is 0 Å². The molecule has 0 spiro atoms. The van der Waals surface area contributed by atoms with Crippen molar-refractivity contribution in [2.75, 3.05) is 19.0 Å². The summed E-state index contributed by atoms with van der Waals surface area (Å²) in [7, 11) is 3.86. The number of nitrogens with zero attached hydrogens (tertiary/aromatic N) is 3. The van der Waals surface area contributed by atoms with Gasteiger partial charge in [0.2, 0.25) is 0 Å². The minimum absolute atomic E-state index is 0.932. The summed E-state index contributed by atoms with van der Waals surface area (Å²) in [6.07, 6.45) is 7.90. The lowest BCUT2D eigenvalue weighted by Crippen LogP contribution is -2.08. The Morgan fingerprint density at radius 2 is 1.21 bits per heavy atom. The number of hydrogen-bond donors (Lipinski definition) is 0. The van der Waals surface area contributed by atoms with Crippen molar-refractivity contribution in [2.24, 2.45) is 9.98 Å². The van der Waals surface area contributed by atoms with Crippen molar-refractivity contribution in [1.29, 1.82) is 0 Å². The topological polar surface area (TPSA) is 28.0 Å². The molecule has 0 saturated heterocycles. The minimum Gasteiger partial charge on any atom is -0.345 e. The predicted octanol–water partition coefficient (Wildman–Crippen LogP) is 5.03. The molecule has 2 aromatic carbocycles. The molecular weight excluding hydrogens is 294 g/mol. The molecule has 24 heavy (non-hydrogen) atoms.